The molecule has 0 radical (unpaired) electrons. The lowest BCUT2D eigenvalue weighted by atomic mass is 10.0. The molecular weight excluding hydrogens is 332 g/mol. The number of allylic oxidation sites excluding steroid dienone is 3. The van der Waals surface area contributed by atoms with E-state index in [9.17, 15) is 0 Å². The largest absolute Gasteiger partial charge is 0.501 e. The van der Waals surface area contributed by atoms with E-state index in [1.54, 1.807) is 0 Å². The van der Waals surface area contributed by atoms with Crippen LogP contribution in [0.4, 0.5) is 0 Å². The molecule has 2 heteroatoms. The highest BCUT2D eigenvalue weighted by atomic mass is 16.5. The number of hydrogen-bond donors (Lipinski definition) is 0. The van der Waals surface area contributed by atoms with Gasteiger partial charge in [-0.15, -0.1) is 0 Å². The van der Waals surface area contributed by atoms with E-state index in [2.05, 4.69) is 65.0 Å². The molecule has 0 atom stereocenters. The molecule has 0 fully saturated rings. The van der Waals surface area contributed by atoms with Crippen molar-refractivity contribution in [3.8, 4) is 0 Å². The minimum atomic E-state index is 0.332. The second-order valence-electron chi connectivity index (χ2n) is 7.61. The molecule has 27 heavy (non-hydrogen) atoms. The van der Waals surface area contributed by atoms with Crippen molar-refractivity contribution in [3.05, 3.63) is 47.7 Å². The Morgan fingerprint density at radius 2 is 1.48 bits per heavy atom. The van der Waals surface area contributed by atoms with Crippen LogP contribution in [0.15, 0.2) is 36.6 Å². The van der Waals surface area contributed by atoms with Gasteiger partial charge in [0.25, 0.3) is 0 Å². The molecule has 0 aliphatic carbocycles. The number of ether oxygens (including phenoxy) is 2. The van der Waals surface area contributed by atoms with Crippen LogP contribution in [-0.4, -0.2) is 19.3 Å². The standard InChI is InChI=1S/C25H40O2/c1-6-7-8-10-13-22(4)24-14-16-25(17-15-24)23(5)20-26-18-11-9-12-19-27-21(2)3/h13-17,20-21H,6-12,18-19H2,1-5H3/b22-13+,23-20+. The van der Waals surface area contributed by atoms with E-state index in [0.29, 0.717) is 6.10 Å². The van der Waals surface area contributed by atoms with Crippen molar-refractivity contribution in [2.45, 2.75) is 85.7 Å². The lowest BCUT2D eigenvalue weighted by Crippen LogP contribution is -2.03. The highest BCUT2D eigenvalue weighted by molar-refractivity contribution is 5.68. The third-order valence-electron chi connectivity index (χ3n) is 4.67. The predicted octanol–water partition coefficient (Wildman–Crippen LogP) is 7.64. The normalized spacial score (nSPS) is 12.7. The van der Waals surface area contributed by atoms with Crippen LogP contribution in [0.5, 0.6) is 0 Å². The van der Waals surface area contributed by atoms with Gasteiger partial charge in [-0.05, 0) is 82.1 Å². The Morgan fingerprint density at radius 1 is 0.852 bits per heavy atom. The van der Waals surface area contributed by atoms with E-state index in [1.807, 2.05) is 6.26 Å². The van der Waals surface area contributed by atoms with E-state index in [0.717, 1.165) is 32.5 Å². The average Bonchev–Trinajstić information content (AvgIpc) is 2.67. The number of hydrogen-bond acceptors (Lipinski definition) is 2. The maximum atomic E-state index is 5.72. The molecule has 1 rings (SSSR count). The van der Waals surface area contributed by atoms with Crippen LogP contribution in [0.2, 0.25) is 0 Å². The Labute approximate surface area is 167 Å². The van der Waals surface area contributed by atoms with Crippen LogP contribution < -0.4 is 0 Å². The van der Waals surface area contributed by atoms with Gasteiger partial charge in [-0.3, -0.25) is 0 Å². The summed E-state index contributed by atoms with van der Waals surface area (Å²) in [6.45, 7) is 12.3. The molecule has 152 valence electrons. The summed E-state index contributed by atoms with van der Waals surface area (Å²) in [5.41, 5.74) is 5.08. The Kier molecular flexibility index (Phi) is 12.6. The molecular formula is C25H40O2. The molecule has 0 amide bonds. The van der Waals surface area contributed by atoms with Gasteiger partial charge in [-0.2, -0.15) is 0 Å². The van der Waals surface area contributed by atoms with E-state index >= 15 is 0 Å². The maximum Gasteiger partial charge on any atom is 0.0873 e. The van der Waals surface area contributed by atoms with E-state index in [-0.39, 0.29) is 0 Å². The van der Waals surface area contributed by atoms with Gasteiger partial charge in [0.05, 0.1) is 19.0 Å². The first-order valence-electron chi connectivity index (χ1n) is 10.7. The fourth-order valence-corrected chi connectivity index (χ4v) is 2.86. The minimum absolute atomic E-state index is 0.332. The molecule has 0 bridgehead atoms. The first-order chi connectivity index (χ1) is 13.0. The van der Waals surface area contributed by atoms with Crippen LogP contribution in [0.1, 0.15) is 90.7 Å². The molecule has 0 aliphatic rings. The summed E-state index contributed by atoms with van der Waals surface area (Å²) in [4.78, 5) is 0. The van der Waals surface area contributed by atoms with Crippen molar-refractivity contribution in [3.63, 3.8) is 0 Å². The first kappa shape index (κ1) is 23.5. The van der Waals surface area contributed by atoms with Crippen molar-refractivity contribution in [1.29, 1.82) is 0 Å². The Balaban J connectivity index is 2.34. The fraction of sp³-hybridized carbons (Fsp3) is 0.600. The quantitative estimate of drug-likeness (QED) is 0.247. The molecule has 0 unspecified atom stereocenters. The molecule has 0 aliphatic heterocycles. The predicted molar refractivity (Wildman–Crippen MR) is 119 cm³/mol. The zero-order valence-electron chi connectivity index (χ0n) is 18.2. The summed E-state index contributed by atoms with van der Waals surface area (Å²) in [6.07, 6.45) is 13.0. The Bertz CT molecular complexity index is 552. The number of rotatable bonds is 14. The molecule has 1 aromatic carbocycles. The van der Waals surface area contributed by atoms with Gasteiger partial charge in [0.1, 0.15) is 0 Å². The lowest BCUT2D eigenvalue weighted by Gasteiger charge is -2.08. The van der Waals surface area contributed by atoms with Gasteiger partial charge in [-0.1, -0.05) is 50.1 Å². The second kappa shape index (κ2) is 14.5. The summed E-state index contributed by atoms with van der Waals surface area (Å²) in [6, 6.07) is 8.81. The maximum absolute atomic E-state index is 5.72. The molecule has 0 N–H and O–H groups in total. The summed E-state index contributed by atoms with van der Waals surface area (Å²) in [5.74, 6) is 0. The molecule has 2 nitrogen and oxygen atoms in total. The van der Waals surface area contributed by atoms with Crippen molar-refractivity contribution >= 4 is 11.1 Å². The average molecular weight is 373 g/mol. The van der Waals surface area contributed by atoms with Crippen LogP contribution in [0.25, 0.3) is 11.1 Å². The van der Waals surface area contributed by atoms with Crippen LogP contribution >= 0.6 is 0 Å². The molecule has 0 aromatic heterocycles. The van der Waals surface area contributed by atoms with Gasteiger partial charge in [0.15, 0.2) is 0 Å². The van der Waals surface area contributed by atoms with Gasteiger partial charge in [0.2, 0.25) is 0 Å². The van der Waals surface area contributed by atoms with Crippen LogP contribution in [0, 0.1) is 0 Å². The lowest BCUT2D eigenvalue weighted by molar-refractivity contribution is 0.0748. The molecule has 0 spiro atoms. The van der Waals surface area contributed by atoms with E-state index in [1.165, 1.54) is 48.0 Å². The second-order valence-corrected chi connectivity index (χ2v) is 7.61. The summed E-state index contributed by atoms with van der Waals surface area (Å²) >= 11 is 0. The molecule has 0 saturated carbocycles. The highest BCUT2D eigenvalue weighted by Crippen LogP contribution is 2.20. The molecule has 0 heterocycles. The van der Waals surface area contributed by atoms with Crippen molar-refractivity contribution < 1.29 is 9.47 Å². The van der Waals surface area contributed by atoms with Crippen LogP contribution in [0.3, 0.4) is 0 Å². The minimum Gasteiger partial charge on any atom is -0.501 e. The van der Waals surface area contributed by atoms with E-state index in [4.69, 9.17) is 9.47 Å². The number of benzene rings is 1. The first-order valence-corrected chi connectivity index (χ1v) is 10.7. The molecule has 0 saturated heterocycles. The summed E-state index contributed by atoms with van der Waals surface area (Å²) in [7, 11) is 0. The van der Waals surface area contributed by atoms with Gasteiger partial charge < -0.3 is 9.47 Å². The number of unbranched alkanes of at least 4 members (excludes halogenated alkanes) is 5. The highest BCUT2D eigenvalue weighted by Gasteiger charge is 2.00. The zero-order chi connectivity index (χ0) is 19.9. The van der Waals surface area contributed by atoms with Crippen molar-refractivity contribution in [2.24, 2.45) is 0 Å². The third-order valence-corrected chi connectivity index (χ3v) is 4.67. The summed E-state index contributed by atoms with van der Waals surface area (Å²) in [5, 5.41) is 0. The summed E-state index contributed by atoms with van der Waals surface area (Å²) < 4.78 is 11.3. The fourth-order valence-electron chi connectivity index (χ4n) is 2.86. The SMILES string of the molecule is CCCCC/C=C(\C)c1ccc(/C(C)=C/OCCCCCOC(C)C)cc1. The monoisotopic (exact) mass is 372 g/mol. The van der Waals surface area contributed by atoms with E-state index < -0.39 is 0 Å². The van der Waals surface area contributed by atoms with Crippen LogP contribution in [-0.2, 0) is 9.47 Å². The Morgan fingerprint density at radius 3 is 2.11 bits per heavy atom. The van der Waals surface area contributed by atoms with Gasteiger partial charge >= 0.3 is 0 Å². The topological polar surface area (TPSA) is 18.5 Å². The third kappa shape index (κ3) is 11.0. The zero-order valence-corrected chi connectivity index (χ0v) is 18.2. The van der Waals surface area contributed by atoms with Crippen molar-refractivity contribution in [2.75, 3.05) is 13.2 Å². The molecule has 1 aromatic rings. The van der Waals surface area contributed by atoms with Gasteiger partial charge in [0, 0.05) is 6.61 Å². The van der Waals surface area contributed by atoms with Crippen molar-refractivity contribution in [1.82, 2.24) is 0 Å². The smallest absolute Gasteiger partial charge is 0.0873 e. The van der Waals surface area contributed by atoms with Gasteiger partial charge in [-0.25, -0.2) is 0 Å². The Hall–Kier alpha value is -1.54.